The quantitative estimate of drug-likeness (QED) is 0.684. The first-order valence-corrected chi connectivity index (χ1v) is 10.8. The number of rotatable bonds is 3. The minimum atomic E-state index is -0.447. The first-order chi connectivity index (χ1) is 15.5. The molecule has 2 aromatic carbocycles. The van der Waals surface area contributed by atoms with Crippen molar-refractivity contribution in [1.29, 1.82) is 0 Å². The zero-order valence-electron chi connectivity index (χ0n) is 17.7. The van der Waals surface area contributed by atoms with Crippen molar-refractivity contribution in [3.8, 4) is 5.75 Å². The number of piperidine rings is 1. The van der Waals surface area contributed by atoms with E-state index in [0.29, 0.717) is 37.2 Å². The van der Waals surface area contributed by atoms with Gasteiger partial charge in [-0.25, -0.2) is 14.4 Å². The van der Waals surface area contributed by atoms with Crippen molar-refractivity contribution in [2.45, 2.75) is 37.5 Å². The smallest absolute Gasteiger partial charge is 0.415 e. The van der Waals surface area contributed by atoms with Crippen LogP contribution in [0.1, 0.15) is 40.4 Å². The molecule has 2 atom stereocenters. The third kappa shape index (κ3) is 3.55. The van der Waals surface area contributed by atoms with Crippen LogP contribution < -0.4 is 4.74 Å². The summed E-state index contributed by atoms with van der Waals surface area (Å²) in [5, 5.41) is 0. The lowest BCUT2D eigenvalue weighted by Crippen LogP contribution is -2.48. The van der Waals surface area contributed by atoms with Gasteiger partial charge >= 0.3 is 18.2 Å². The zero-order valence-corrected chi connectivity index (χ0v) is 17.7. The summed E-state index contributed by atoms with van der Waals surface area (Å²) in [6.07, 6.45) is 1.25. The van der Waals surface area contributed by atoms with Crippen LogP contribution in [0.5, 0.6) is 5.75 Å². The van der Waals surface area contributed by atoms with Gasteiger partial charge in [0.2, 0.25) is 0 Å². The number of hydrogen-bond acceptors (Lipinski definition) is 6. The van der Waals surface area contributed by atoms with Crippen LogP contribution in [0.25, 0.3) is 0 Å². The number of fused-ring (bicyclic) bond motifs is 3. The third-order valence-corrected chi connectivity index (χ3v) is 6.51. The van der Waals surface area contributed by atoms with Gasteiger partial charge in [-0.1, -0.05) is 24.3 Å². The second-order valence-corrected chi connectivity index (χ2v) is 8.28. The van der Waals surface area contributed by atoms with Crippen LogP contribution in [0.2, 0.25) is 0 Å². The molecular formula is C24H24N2O6. The lowest BCUT2D eigenvalue weighted by Gasteiger charge is -2.37. The number of carbonyl (C=O) groups excluding carboxylic acids is 3. The molecule has 2 aliphatic heterocycles. The Labute approximate surface area is 185 Å². The number of benzene rings is 2. The highest BCUT2D eigenvalue weighted by molar-refractivity contribution is 5.89. The Hall–Kier alpha value is -3.55. The molecule has 2 fully saturated rings. The van der Waals surface area contributed by atoms with E-state index in [1.807, 2.05) is 17.0 Å². The summed E-state index contributed by atoms with van der Waals surface area (Å²) in [6, 6.07) is 14.4. The molecule has 3 aliphatic rings. The van der Waals surface area contributed by atoms with Gasteiger partial charge in [-0.2, -0.15) is 0 Å². The maximum Gasteiger partial charge on any atom is 0.415 e. The van der Waals surface area contributed by atoms with Crippen molar-refractivity contribution in [2.75, 3.05) is 20.2 Å². The molecule has 32 heavy (non-hydrogen) atoms. The second-order valence-electron chi connectivity index (χ2n) is 8.28. The summed E-state index contributed by atoms with van der Waals surface area (Å²) in [5.74, 6) is -0.0872. The Kier molecular flexibility index (Phi) is 5.20. The van der Waals surface area contributed by atoms with Crippen LogP contribution in [-0.4, -0.2) is 60.3 Å². The van der Waals surface area contributed by atoms with E-state index in [1.165, 1.54) is 18.2 Å². The summed E-state index contributed by atoms with van der Waals surface area (Å²) < 4.78 is 15.8. The minimum absolute atomic E-state index is 0.0204. The fraction of sp³-hybridized carbons (Fsp3) is 0.375. The highest BCUT2D eigenvalue weighted by Crippen LogP contribution is 2.44. The van der Waals surface area contributed by atoms with E-state index in [1.54, 1.807) is 29.2 Å². The van der Waals surface area contributed by atoms with E-state index in [4.69, 9.17) is 9.47 Å². The number of amides is 2. The molecule has 0 radical (unpaired) electrons. The SMILES string of the molecule is COC(=O)c1ccc(OC(=O)N2CCC(N3C(=O)OC4Cc5ccccc5C43)CC2)cc1. The largest absolute Gasteiger partial charge is 0.465 e. The molecule has 2 aromatic rings. The standard InChI is InChI=1S/C24H24N2O6/c1-30-22(27)15-6-8-18(9-7-15)31-23(28)25-12-10-17(11-13-25)26-21-19-5-3-2-4-16(19)14-20(21)32-24(26)29/h2-9,17,20-21H,10-14H2,1H3. The van der Waals surface area contributed by atoms with Gasteiger partial charge in [0.1, 0.15) is 11.9 Å². The number of carbonyl (C=O) groups is 3. The maximum absolute atomic E-state index is 12.6. The molecule has 2 heterocycles. The summed E-state index contributed by atoms with van der Waals surface area (Å²) >= 11 is 0. The summed E-state index contributed by atoms with van der Waals surface area (Å²) in [5.41, 5.74) is 2.79. The van der Waals surface area contributed by atoms with Crippen LogP contribution in [0.15, 0.2) is 48.5 Å². The average Bonchev–Trinajstić information content (AvgIpc) is 3.33. The predicted octanol–water partition coefficient (Wildman–Crippen LogP) is 3.55. The summed E-state index contributed by atoms with van der Waals surface area (Å²) in [4.78, 5) is 40.2. The summed E-state index contributed by atoms with van der Waals surface area (Å²) in [6.45, 7) is 0.985. The van der Waals surface area contributed by atoms with Gasteiger partial charge < -0.3 is 19.1 Å². The van der Waals surface area contributed by atoms with Gasteiger partial charge in [-0.3, -0.25) is 4.90 Å². The normalized spacial score (nSPS) is 22.2. The van der Waals surface area contributed by atoms with Gasteiger partial charge in [-0.15, -0.1) is 0 Å². The van der Waals surface area contributed by atoms with Crippen LogP contribution in [0, 0.1) is 0 Å². The fourth-order valence-electron chi connectivity index (χ4n) is 4.92. The molecule has 0 spiro atoms. The van der Waals surface area contributed by atoms with E-state index in [9.17, 15) is 14.4 Å². The van der Waals surface area contributed by atoms with Crippen LogP contribution in [0.3, 0.4) is 0 Å². The Morgan fingerprint density at radius 3 is 2.47 bits per heavy atom. The van der Waals surface area contributed by atoms with Crippen LogP contribution in [-0.2, 0) is 15.9 Å². The zero-order chi connectivity index (χ0) is 22.2. The Morgan fingerprint density at radius 1 is 1.03 bits per heavy atom. The van der Waals surface area contributed by atoms with E-state index < -0.39 is 12.1 Å². The fourth-order valence-corrected chi connectivity index (χ4v) is 4.92. The predicted molar refractivity (Wildman–Crippen MR) is 113 cm³/mol. The average molecular weight is 436 g/mol. The molecule has 8 nitrogen and oxygen atoms in total. The van der Waals surface area contributed by atoms with Crippen molar-refractivity contribution >= 4 is 18.2 Å². The molecule has 1 aliphatic carbocycles. The molecule has 8 heteroatoms. The number of methoxy groups -OCH3 is 1. The van der Waals surface area contributed by atoms with Gasteiger partial charge in [0.25, 0.3) is 0 Å². The number of likely N-dealkylation sites (tertiary alicyclic amines) is 1. The van der Waals surface area contributed by atoms with Crippen LogP contribution in [0.4, 0.5) is 9.59 Å². The molecule has 2 saturated heterocycles. The monoisotopic (exact) mass is 436 g/mol. The van der Waals surface area contributed by atoms with Crippen molar-refractivity contribution in [2.24, 2.45) is 0 Å². The van der Waals surface area contributed by atoms with Crippen molar-refractivity contribution < 1.29 is 28.6 Å². The van der Waals surface area contributed by atoms with Gasteiger partial charge in [0.15, 0.2) is 0 Å². The maximum atomic E-state index is 12.6. The van der Waals surface area contributed by atoms with Crippen molar-refractivity contribution in [3.63, 3.8) is 0 Å². The molecule has 0 aromatic heterocycles. The molecule has 0 N–H and O–H groups in total. The Balaban J connectivity index is 1.20. The third-order valence-electron chi connectivity index (χ3n) is 6.51. The minimum Gasteiger partial charge on any atom is -0.465 e. The molecule has 0 bridgehead atoms. The highest BCUT2D eigenvalue weighted by atomic mass is 16.6. The van der Waals surface area contributed by atoms with E-state index in [-0.39, 0.29) is 24.3 Å². The lowest BCUT2D eigenvalue weighted by molar-refractivity contribution is 0.0600. The molecule has 5 rings (SSSR count). The van der Waals surface area contributed by atoms with Crippen LogP contribution >= 0.6 is 0 Å². The van der Waals surface area contributed by atoms with Crippen molar-refractivity contribution in [3.05, 3.63) is 65.2 Å². The number of ether oxygens (including phenoxy) is 3. The van der Waals surface area contributed by atoms with E-state index in [0.717, 1.165) is 6.42 Å². The number of hydrogen-bond donors (Lipinski definition) is 0. The van der Waals surface area contributed by atoms with E-state index in [2.05, 4.69) is 16.9 Å². The summed E-state index contributed by atoms with van der Waals surface area (Å²) in [7, 11) is 1.31. The first kappa shape index (κ1) is 20.4. The first-order valence-electron chi connectivity index (χ1n) is 10.8. The Bertz CT molecular complexity index is 1040. The van der Waals surface area contributed by atoms with Crippen molar-refractivity contribution in [1.82, 2.24) is 9.80 Å². The highest BCUT2D eigenvalue weighted by Gasteiger charge is 2.50. The molecule has 0 saturated carbocycles. The topological polar surface area (TPSA) is 85.4 Å². The van der Waals surface area contributed by atoms with Gasteiger partial charge in [0, 0.05) is 25.6 Å². The van der Waals surface area contributed by atoms with Gasteiger partial charge in [-0.05, 0) is 48.2 Å². The molecule has 2 unspecified atom stereocenters. The van der Waals surface area contributed by atoms with Gasteiger partial charge in [0.05, 0.1) is 18.7 Å². The molecule has 166 valence electrons. The Morgan fingerprint density at radius 2 is 1.75 bits per heavy atom. The van der Waals surface area contributed by atoms with E-state index >= 15 is 0 Å². The molecule has 2 amide bonds. The number of esters is 1. The molecular weight excluding hydrogens is 412 g/mol. The second kappa shape index (κ2) is 8.18. The number of nitrogens with zero attached hydrogens (tertiary/aromatic N) is 2. The lowest BCUT2D eigenvalue weighted by atomic mass is 9.99.